The zero-order chi connectivity index (χ0) is 51.2. The number of cyclic esters (lactones) is 1. The average molecular weight is 990 g/mol. The van der Waals surface area contributed by atoms with Crippen LogP contribution in [0.25, 0.3) is 11.0 Å². The number of imide groups is 1. The number of morpholine rings is 1. The van der Waals surface area contributed by atoms with Crippen molar-refractivity contribution < 1.29 is 62.3 Å². The number of hydrogen-bond acceptors (Lipinski definition) is 15. The second-order valence-corrected chi connectivity index (χ2v) is 17.4. The number of aromatic amines is 1. The maximum absolute atomic E-state index is 16.5. The van der Waals surface area contributed by atoms with E-state index >= 15 is 14.4 Å². The molecule has 9 rings (SSSR count). The first kappa shape index (κ1) is 49.6. The number of aliphatic hydroxyl groups is 1. The van der Waals surface area contributed by atoms with Crippen LogP contribution in [0.1, 0.15) is 58.3 Å². The van der Waals surface area contributed by atoms with Gasteiger partial charge in [-0.05, 0) is 64.7 Å². The smallest absolute Gasteiger partial charge is 0.421 e. The van der Waals surface area contributed by atoms with Gasteiger partial charge in [-0.3, -0.25) is 28.9 Å². The number of amides is 3. The van der Waals surface area contributed by atoms with Crippen molar-refractivity contribution in [2.75, 3.05) is 52.7 Å². The predicted octanol–water partition coefficient (Wildman–Crippen LogP) is 5.40. The predicted molar refractivity (Wildman–Crippen MR) is 261 cm³/mol. The minimum Gasteiger partial charge on any atom is -0.491 e. The zero-order valence-electron chi connectivity index (χ0n) is 40.0. The summed E-state index contributed by atoms with van der Waals surface area (Å²) >= 11 is 0. The van der Waals surface area contributed by atoms with Gasteiger partial charge in [0.05, 0.1) is 68.7 Å². The van der Waals surface area contributed by atoms with Crippen LogP contribution in [0.2, 0.25) is 0 Å². The van der Waals surface area contributed by atoms with E-state index in [0.717, 1.165) is 19.1 Å². The molecule has 374 valence electrons. The molecular weight excluding hydrogens is 939 g/mol. The number of fused-ring (bicyclic) bond motifs is 4. The molecular formula is C55H51N5O13. The molecule has 3 N–H and O–H groups in total. The van der Waals surface area contributed by atoms with Crippen LogP contribution < -0.4 is 15.0 Å². The summed E-state index contributed by atoms with van der Waals surface area (Å²) in [6.07, 6.45) is -2.39. The van der Waals surface area contributed by atoms with E-state index in [4.69, 9.17) is 28.4 Å². The summed E-state index contributed by atoms with van der Waals surface area (Å²) in [4.78, 5) is 98.4. The lowest BCUT2D eigenvalue weighted by molar-refractivity contribution is -0.178. The molecule has 3 aliphatic rings. The van der Waals surface area contributed by atoms with E-state index in [-0.39, 0.29) is 56.2 Å². The van der Waals surface area contributed by atoms with Crippen molar-refractivity contribution in [2.45, 2.75) is 42.6 Å². The molecule has 18 heteroatoms. The zero-order valence-corrected chi connectivity index (χ0v) is 40.0. The minimum absolute atomic E-state index is 0.00413. The van der Waals surface area contributed by atoms with Crippen molar-refractivity contribution in [2.24, 2.45) is 11.8 Å². The highest BCUT2D eigenvalue weighted by Gasteiger charge is 2.76. The molecule has 5 aromatic carbocycles. The summed E-state index contributed by atoms with van der Waals surface area (Å²) < 4.78 is 33.1. The van der Waals surface area contributed by atoms with Gasteiger partial charge in [-0.2, -0.15) is 0 Å². The number of aliphatic hydroxyl groups excluding tert-OH is 1. The number of carbonyl (C=O) groups is 6. The maximum atomic E-state index is 16.5. The molecule has 2 fully saturated rings. The first-order valence-electron chi connectivity index (χ1n) is 23.5. The Morgan fingerprint density at radius 1 is 0.808 bits per heavy atom. The van der Waals surface area contributed by atoms with E-state index < -0.39 is 77.3 Å². The Morgan fingerprint density at radius 3 is 2.21 bits per heavy atom. The largest absolute Gasteiger partial charge is 0.491 e. The molecule has 0 radical (unpaired) electrons. The third kappa shape index (κ3) is 9.25. The number of nitrogens with one attached hydrogen (secondary N) is 2. The molecule has 3 amide bonds. The highest BCUT2D eigenvalue weighted by molar-refractivity contribution is 6.23. The number of rotatable bonds is 15. The van der Waals surface area contributed by atoms with Crippen molar-refractivity contribution >= 4 is 52.5 Å². The van der Waals surface area contributed by atoms with E-state index in [0.29, 0.717) is 39.3 Å². The monoisotopic (exact) mass is 989 g/mol. The van der Waals surface area contributed by atoms with Gasteiger partial charge in [0, 0.05) is 19.1 Å². The number of imidazole rings is 1. The van der Waals surface area contributed by atoms with Gasteiger partial charge in [-0.25, -0.2) is 14.7 Å². The van der Waals surface area contributed by atoms with Gasteiger partial charge in [0.25, 0.3) is 0 Å². The van der Waals surface area contributed by atoms with Gasteiger partial charge in [0.1, 0.15) is 42.3 Å². The van der Waals surface area contributed by atoms with Crippen LogP contribution in [-0.4, -0.2) is 110 Å². The lowest BCUT2D eigenvalue weighted by Crippen LogP contribution is -2.55. The first-order chi connectivity index (χ1) is 35.5. The van der Waals surface area contributed by atoms with Crippen molar-refractivity contribution in [3.05, 3.63) is 161 Å². The highest BCUT2D eigenvalue weighted by atomic mass is 16.6. The normalized spacial score (nSPS) is 20.9. The van der Waals surface area contributed by atoms with E-state index in [1.165, 1.54) is 13.2 Å². The number of methoxy groups -OCH3 is 3. The third-order valence-electron chi connectivity index (χ3n) is 13.3. The van der Waals surface area contributed by atoms with Crippen LogP contribution in [0.5, 0.6) is 5.75 Å². The number of anilines is 1. The topological polar surface area (TPSA) is 225 Å². The van der Waals surface area contributed by atoms with Crippen LogP contribution in [-0.2, 0) is 59.6 Å². The number of carbonyl (C=O) groups excluding carboxylic acids is 6. The Kier molecular flexibility index (Phi) is 14.6. The number of hydrogen-bond donors (Lipinski definition) is 3. The van der Waals surface area contributed by atoms with Crippen LogP contribution in [0.3, 0.4) is 0 Å². The summed E-state index contributed by atoms with van der Waals surface area (Å²) in [5.74, 6) is -0.660. The molecule has 4 heterocycles. The molecule has 3 aliphatic heterocycles. The molecule has 6 atom stereocenters. The number of benzene rings is 5. The van der Waals surface area contributed by atoms with Crippen molar-refractivity contribution in [1.29, 1.82) is 0 Å². The summed E-state index contributed by atoms with van der Waals surface area (Å²) in [6.45, 7) is -0.795. The fourth-order valence-electron chi connectivity index (χ4n) is 10.4. The van der Waals surface area contributed by atoms with Crippen molar-refractivity contribution in [1.82, 2.24) is 20.2 Å². The summed E-state index contributed by atoms with van der Waals surface area (Å²) in [5, 5.41) is 12.8. The Labute approximate surface area is 419 Å². The second-order valence-electron chi connectivity index (χ2n) is 17.4. The first-order valence-corrected chi connectivity index (χ1v) is 23.5. The lowest BCUT2D eigenvalue weighted by Gasteiger charge is -2.46. The molecule has 0 saturated carbocycles. The lowest BCUT2D eigenvalue weighted by atomic mass is 9.65. The van der Waals surface area contributed by atoms with E-state index in [1.807, 2.05) is 89.8 Å². The fraction of sp³-hybridized carbons (Fsp3) is 0.291. The van der Waals surface area contributed by atoms with Crippen molar-refractivity contribution in [3.8, 4) is 17.6 Å². The van der Waals surface area contributed by atoms with Gasteiger partial charge in [0.2, 0.25) is 11.8 Å². The molecule has 2 saturated heterocycles. The van der Waals surface area contributed by atoms with Gasteiger partial charge in [-0.1, -0.05) is 96.8 Å². The highest BCUT2D eigenvalue weighted by Crippen LogP contribution is 2.66. The molecule has 0 bridgehead atoms. The molecule has 1 spiro atoms. The quantitative estimate of drug-likeness (QED) is 0.0385. The molecule has 1 aromatic heterocycles. The standard InChI is InChI=1S/C55H51N5O13/c1-68-28-29-72-54(67)59-42-25-24-33(14-12-21-38(50(63)69-2)51(64)70-3)30-39(42)55(53(59)66)44(49(62)56-32-43-57-40-22-10-11-23-41(40)58-43)46-52(65)73-47(35-17-8-5-9-18-35)45(34-15-6-4-7-16-34)60(46)48(55)36-19-13-20-37(31-36)71-27-26-61/h4-11,13,15-20,22-25,30-31,38,44-48,61H,21,26-29,32H2,1-3H3,(H,56,62)(H,57,58)/t44-,45-,46-,47+,48+,55-/m1/s1. The Hall–Kier alpha value is -8.37. The molecule has 0 aliphatic carbocycles. The molecule has 73 heavy (non-hydrogen) atoms. The van der Waals surface area contributed by atoms with Gasteiger partial charge in [-0.15, -0.1) is 0 Å². The number of H-pyrrole nitrogens is 1. The SMILES string of the molecule is COCCOC(=O)N1C(=O)[C@@]2(c3cc(C#CCC(C(=O)OC)C(=O)OC)ccc31)[C@H](c1cccc(OCCO)c1)N1[C@H](c3ccccc3)[C@H](c3ccccc3)OC(=O)[C@H]1[C@@H]2C(=O)NCc1nc2ccccc2[nH]1. The molecule has 18 nitrogen and oxygen atoms in total. The van der Waals surface area contributed by atoms with Crippen LogP contribution in [0.4, 0.5) is 10.5 Å². The summed E-state index contributed by atoms with van der Waals surface area (Å²) in [5.41, 5.74) is 1.29. The minimum atomic E-state index is -2.20. The summed E-state index contributed by atoms with van der Waals surface area (Å²) in [7, 11) is 3.70. The number of ether oxygens (including phenoxy) is 6. The van der Waals surface area contributed by atoms with Gasteiger partial charge in [0.15, 0.2) is 5.92 Å². The number of aromatic nitrogens is 2. The summed E-state index contributed by atoms with van der Waals surface area (Å²) in [6, 6.07) is 33.5. The van der Waals surface area contributed by atoms with Crippen molar-refractivity contribution in [3.63, 3.8) is 0 Å². The van der Waals surface area contributed by atoms with Gasteiger partial charge < -0.3 is 43.8 Å². The van der Waals surface area contributed by atoms with Gasteiger partial charge >= 0.3 is 24.0 Å². The number of esters is 3. The van der Waals surface area contributed by atoms with E-state index in [2.05, 4.69) is 27.1 Å². The number of nitrogens with zero attached hydrogens (tertiary/aromatic N) is 3. The average Bonchev–Trinajstić information content (AvgIpc) is 4.07. The van der Waals surface area contributed by atoms with E-state index in [9.17, 15) is 19.5 Å². The molecule has 6 aromatic rings. The molecule has 0 unspecified atom stereocenters. The fourth-order valence-corrected chi connectivity index (χ4v) is 10.4. The third-order valence-corrected chi connectivity index (χ3v) is 13.3. The van der Waals surface area contributed by atoms with Crippen LogP contribution >= 0.6 is 0 Å². The number of para-hydroxylation sites is 2. The van der Waals surface area contributed by atoms with Crippen LogP contribution in [0.15, 0.2) is 127 Å². The maximum Gasteiger partial charge on any atom is 0.421 e. The Balaban J connectivity index is 1.32. The van der Waals surface area contributed by atoms with Crippen LogP contribution in [0, 0.1) is 23.7 Å². The second kappa shape index (κ2) is 21.5. The Morgan fingerprint density at radius 2 is 1.51 bits per heavy atom. The van der Waals surface area contributed by atoms with E-state index in [1.54, 1.807) is 36.4 Å². The Bertz CT molecular complexity index is 3070.